The van der Waals surface area contributed by atoms with Crippen molar-refractivity contribution in [2.45, 2.75) is 40.5 Å². The van der Waals surface area contributed by atoms with Gasteiger partial charge in [0.25, 0.3) is 0 Å². The molecule has 20 heavy (non-hydrogen) atoms. The molecular formula is C17H25NO2. The second kappa shape index (κ2) is 5.21. The van der Waals surface area contributed by atoms with Gasteiger partial charge in [0.1, 0.15) is 0 Å². The number of rotatable bonds is 5. The number of amides is 1. The summed E-state index contributed by atoms with van der Waals surface area (Å²) in [7, 11) is 0. The monoisotopic (exact) mass is 275 g/mol. The Morgan fingerprint density at radius 1 is 1.25 bits per heavy atom. The Morgan fingerprint density at radius 2 is 1.90 bits per heavy atom. The molecule has 1 fully saturated rings. The predicted octanol–water partition coefficient (Wildman–Crippen LogP) is 3.23. The highest BCUT2D eigenvalue weighted by molar-refractivity contribution is 5.96. The van der Waals surface area contributed by atoms with Gasteiger partial charge in [0.2, 0.25) is 5.91 Å². The summed E-state index contributed by atoms with van der Waals surface area (Å²) in [6, 6.07) is 7.89. The summed E-state index contributed by atoms with van der Waals surface area (Å²) >= 11 is 0. The summed E-state index contributed by atoms with van der Waals surface area (Å²) in [5.74, 6) is 0.176. The van der Waals surface area contributed by atoms with E-state index in [1.54, 1.807) is 0 Å². The molecule has 0 atom stereocenters. The van der Waals surface area contributed by atoms with Crippen LogP contribution in [0.1, 0.15) is 39.7 Å². The van der Waals surface area contributed by atoms with E-state index in [1.807, 2.05) is 24.3 Å². The Labute approximate surface area is 121 Å². The van der Waals surface area contributed by atoms with Crippen LogP contribution in [-0.2, 0) is 11.2 Å². The number of aliphatic hydroxyl groups is 1. The van der Waals surface area contributed by atoms with Gasteiger partial charge in [0.15, 0.2) is 0 Å². The summed E-state index contributed by atoms with van der Waals surface area (Å²) in [5.41, 5.74) is 2.12. The summed E-state index contributed by atoms with van der Waals surface area (Å²) < 4.78 is 0. The number of carbonyl (C=O) groups excluding carboxylic acids is 1. The van der Waals surface area contributed by atoms with Crippen LogP contribution in [0, 0.1) is 16.7 Å². The zero-order valence-corrected chi connectivity index (χ0v) is 12.9. The van der Waals surface area contributed by atoms with Crippen LogP contribution in [0.4, 0.5) is 5.69 Å². The molecule has 110 valence electrons. The fraction of sp³-hybridized carbons (Fsp3) is 0.588. The predicted molar refractivity (Wildman–Crippen MR) is 81.5 cm³/mol. The van der Waals surface area contributed by atoms with E-state index < -0.39 is 0 Å². The molecule has 3 nitrogen and oxygen atoms in total. The number of aryl methyl sites for hydroxylation is 1. The van der Waals surface area contributed by atoms with Crippen molar-refractivity contribution in [2.75, 3.05) is 11.9 Å². The number of benzene rings is 1. The minimum atomic E-state index is 0.0611. The molecule has 0 saturated heterocycles. The van der Waals surface area contributed by atoms with Crippen LogP contribution in [0.25, 0.3) is 0 Å². The van der Waals surface area contributed by atoms with E-state index in [0.29, 0.717) is 0 Å². The normalized spacial score (nSPS) is 19.6. The smallest absolute Gasteiger partial charge is 0.228 e. The molecule has 2 N–H and O–H groups in total. The zero-order valence-electron chi connectivity index (χ0n) is 12.9. The third-order valence-corrected chi connectivity index (χ3v) is 5.10. The third kappa shape index (κ3) is 2.59. The average molecular weight is 275 g/mol. The first-order chi connectivity index (χ1) is 9.30. The van der Waals surface area contributed by atoms with Crippen LogP contribution >= 0.6 is 0 Å². The number of anilines is 1. The Bertz CT molecular complexity index is 491. The Balaban J connectivity index is 2.02. The molecule has 0 bridgehead atoms. The van der Waals surface area contributed by atoms with E-state index in [9.17, 15) is 4.79 Å². The summed E-state index contributed by atoms with van der Waals surface area (Å²) in [6.45, 7) is 8.79. The fourth-order valence-corrected chi connectivity index (χ4v) is 3.15. The molecule has 3 heteroatoms. The first-order valence-electron chi connectivity index (χ1n) is 7.31. The van der Waals surface area contributed by atoms with Gasteiger partial charge in [0.05, 0.1) is 0 Å². The number of hydrogen-bond acceptors (Lipinski definition) is 2. The van der Waals surface area contributed by atoms with Crippen molar-refractivity contribution < 1.29 is 9.90 Å². The van der Waals surface area contributed by atoms with Gasteiger partial charge in [-0.1, -0.05) is 39.8 Å². The number of hydrogen-bond donors (Lipinski definition) is 2. The maximum Gasteiger partial charge on any atom is 0.228 e. The van der Waals surface area contributed by atoms with Crippen LogP contribution < -0.4 is 5.32 Å². The highest BCUT2D eigenvalue weighted by atomic mass is 16.2. The average Bonchev–Trinajstić information content (AvgIpc) is 2.77. The largest absolute Gasteiger partial charge is 0.396 e. The van der Waals surface area contributed by atoms with Gasteiger partial charge in [-0.2, -0.15) is 0 Å². The second-order valence-corrected chi connectivity index (χ2v) is 6.89. The van der Waals surface area contributed by atoms with E-state index >= 15 is 0 Å². The molecule has 0 spiro atoms. The first-order valence-corrected chi connectivity index (χ1v) is 7.31. The standard InChI is InChI=1S/C17H25NO2/c1-16(2)14(17(16,3)4)15(20)18-13-9-5-7-12(11-13)8-6-10-19/h5,7,9,11,14,19H,6,8,10H2,1-4H3,(H,18,20). The van der Waals surface area contributed by atoms with Crippen molar-refractivity contribution in [1.82, 2.24) is 0 Å². The van der Waals surface area contributed by atoms with Crippen molar-refractivity contribution in [3.63, 3.8) is 0 Å². The quantitative estimate of drug-likeness (QED) is 0.866. The molecule has 0 aliphatic heterocycles. The summed E-state index contributed by atoms with van der Waals surface area (Å²) in [4.78, 5) is 12.4. The number of aliphatic hydroxyl groups excluding tert-OH is 1. The topological polar surface area (TPSA) is 49.3 Å². The Morgan fingerprint density at radius 3 is 2.45 bits per heavy atom. The number of nitrogens with one attached hydrogen (secondary N) is 1. The van der Waals surface area contributed by atoms with Gasteiger partial charge < -0.3 is 10.4 Å². The SMILES string of the molecule is CC1(C)C(C(=O)Nc2cccc(CCCO)c2)C1(C)C. The van der Waals surface area contributed by atoms with Crippen molar-refractivity contribution in [3.05, 3.63) is 29.8 Å². The Hall–Kier alpha value is -1.35. The molecule has 1 aromatic rings. The van der Waals surface area contributed by atoms with Crippen LogP contribution in [0.15, 0.2) is 24.3 Å². The minimum absolute atomic E-state index is 0.0611. The van der Waals surface area contributed by atoms with Crippen LogP contribution in [0.2, 0.25) is 0 Å². The zero-order chi connectivity index (χ0) is 15.0. The maximum absolute atomic E-state index is 12.4. The van der Waals surface area contributed by atoms with E-state index in [4.69, 9.17) is 5.11 Å². The summed E-state index contributed by atoms with van der Waals surface area (Å²) in [6.07, 6.45) is 1.58. The molecule has 0 radical (unpaired) electrons. The lowest BCUT2D eigenvalue weighted by molar-refractivity contribution is -0.118. The van der Waals surface area contributed by atoms with Gasteiger partial charge in [-0.3, -0.25) is 4.79 Å². The third-order valence-electron chi connectivity index (χ3n) is 5.10. The van der Waals surface area contributed by atoms with Crippen molar-refractivity contribution in [2.24, 2.45) is 16.7 Å². The highest BCUT2D eigenvalue weighted by Crippen LogP contribution is 2.68. The summed E-state index contributed by atoms with van der Waals surface area (Å²) in [5, 5.41) is 11.9. The molecule has 2 rings (SSSR count). The lowest BCUT2D eigenvalue weighted by Crippen LogP contribution is -2.17. The van der Waals surface area contributed by atoms with Crippen molar-refractivity contribution >= 4 is 11.6 Å². The second-order valence-electron chi connectivity index (χ2n) is 6.89. The molecule has 0 heterocycles. The van der Waals surface area contributed by atoms with Crippen molar-refractivity contribution in [3.8, 4) is 0 Å². The van der Waals surface area contributed by atoms with Gasteiger partial charge >= 0.3 is 0 Å². The fourth-order valence-electron chi connectivity index (χ4n) is 3.15. The molecule has 1 aromatic carbocycles. The molecule has 1 aliphatic rings. The molecule has 1 saturated carbocycles. The van der Waals surface area contributed by atoms with E-state index in [1.165, 1.54) is 0 Å². The lowest BCUT2D eigenvalue weighted by Gasteiger charge is -2.08. The van der Waals surface area contributed by atoms with Crippen LogP contribution in [0.5, 0.6) is 0 Å². The Kier molecular flexibility index (Phi) is 3.92. The van der Waals surface area contributed by atoms with Gasteiger partial charge in [-0.25, -0.2) is 0 Å². The first kappa shape index (κ1) is 15.0. The molecule has 0 unspecified atom stereocenters. The molecule has 0 aromatic heterocycles. The van der Waals surface area contributed by atoms with E-state index in [0.717, 1.165) is 24.1 Å². The van der Waals surface area contributed by atoms with E-state index in [-0.39, 0.29) is 29.3 Å². The number of carbonyl (C=O) groups is 1. The van der Waals surface area contributed by atoms with Crippen LogP contribution in [0.3, 0.4) is 0 Å². The molecular weight excluding hydrogens is 250 g/mol. The molecule has 1 amide bonds. The van der Waals surface area contributed by atoms with Gasteiger partial charge in [-0.15, -0.1) is 0 Å². The van der Waals surface area contributed by atoms with Crippen LogP contribution in [-0.4, -0.2) is 17.6 Å². The maximum atomic E-state index is 12.4. The van der Waals surface area contributed by atoms with Crippen molar-refractivity contribution in [1.29, 1.82) is 0 Å². The minimum Gasteiger partial charge on any atom is -0.396 e. The van der Waals surface area contributed by atoms with Gasteiger partial charge in [-0.05, 0) is 41.4 Å². The van der Waals surface area contributed by atoms with E-state index in [2.05, 4.69) is 33.0 Å². The van der Waals surface area contributed by atoms with Gasteiger partial charge in [0, 0.05) is 18.2 Å². The molecule has 1 aliphatic carbocycles. The lowest BCUT2D eigenvalue weighted by atomic mass is 10.0. The highest BCUT2D eigenvalue weighted by Gasteiger charge is 2.68.